The molecule has 0 saturated carbocycles. The molecule has 4 heteroatoms. The minimum absolute atomic E-state index is 0.0229. The van der Waals surface area contributed by atoms with Crippen LogP contribution < -0.4 is 0 Å². The van der Waals surface area contributed by atoms with E-state index >= 15 is 0 Å². The van der Waals surface area contributed by atoms with E-state index in [2.05, 4.69) is 6.92 Å². The van der Waals surface area contributed by atoms with Crippen LogP contribution in [-0.2, 0) is 14.3 Å². The predicted octanol–water partition coefficient (Wildman–Crippen LogP) is 1.46. The van der Waals surface area contributed by atoms with Gasteiger partial charge in [-0.05, 0) is 26.2 Å². The summed E-state index contributed by atoms with van der Waals surface area (Å²) in [6.07, 6.45) is 2.42. The Balaban J connectivity index is 2.16. The smallest absolute Gasteiger partial charge is 0.236 e. The van der Waals surface area contributed by atoms with Crippen LogP contribution in [0, 0.1) is 5.92 Å². The molecule has 0 aromatic rings. The lowest BCUT2D eigenvalue weighted by molar-refractivity contribution is -0.143. The summed E-state index contributed by atoms with van der Waals surface area (Å²) in [6.45, 7) is 5.87. The Labute approximate surface area is 95.2 Å². The molecule has 16 heavy (non-hydrogen) atoms. The zero-order valence-corrected chi connectivity index (χ0v) is 9.90. The summed E-state index contributed by atoms with van der Waals surface area (Å²) in [5, 5.41) is 0. The van der Waals surface area contributed by atoms with Crippen LogP contribution in [0.15, 0.2) is 11.8 Å². The number of Topliss-reactive ketones (excluding diaryl/α,β-unsaturated/α-hetero) is 1. The van der Waals surface area contributed by atoms with E-state index in [4.69, 9.17) is 4.74 Å². The summed E-state index contributed by atoms with van der Waals surface area (Å²) in [5.41, 5.74) is 0.635. The van der Waals surface area contributed by atoms with Gasteiger partial charge < -0.3 is 4.74 Å². The molecule has 2 aliphatic heterocycles. The summed E-state index contributed by atoms with van der Waals surface area (Å²) >= 11 is 0. The van der Waals surface area contributed by atoms with Crippen LogP contribution in [0.4, 0.5) is 0 Å². The van der Waals surface area contributed by atoms with Crippen molar-refractivity contribution in [1.29, 1.82) is 0 Å². The van der Waals surface area contributed by atoms with Gasteiger partial charge in [-0.25, -0.2) is 0 Å². The maximum absolute atomic E-state index is 11.7. The van der Waals surface area contributed by atoms with Gasteiger partial charge in [-0.3, -0.25) is 14.5 Å². The quantitative estimate of drug-likeness (QED) is 0.632. The number of nitrogens with zero attached hydrogens (tertiary/aromatic N) is 1. The second-order valence-corrected chi connectivity index (χ2v) is 4.72. The molecule has 1 saturated heterocycles. The maximum Gasteiger partial charge on any atom is 0.236 e. The summed E-state index contributed by atoms with van der Waals surface area (Å²) in [5.74, 6) is 0.214. The number of hydrogen-bond acceptors (Lipinski definition) is 3. The Morgan fingerprint density at radius 1 is 1.38 bits per heavy atom. The third-order valence-corrected chi connectivity index (χ3v) is 3.43. The molecule has 3 atom stereocenters. The van der Waals surface area contributed by atoms with Gasteiger partial charge in [0.2, 0.25) is 5.91 Å². The number of carbonyl (C=O) groups is 2. The van der Waals surface area contributed by atoms with Gasteiger partial charge in [-0.2, -0.15) is 0 Å². The van der Waals surface area contributed by atoms with Crippen LogP contribution in [0.1, 0.15) is 33.6 Å². The zero-order valence-electron chi connectivity index (χ0n) is 9.90. The first kappa shape index (κ1) is 11.3. The van der Waals surface area contributed by atoms with Gasteiger partial charge in [0.25, 0.3) is 0 Å². The molecule has 88 valence electrons. The topological polar surface area (TPSA) is 46.6 Å². The van der Waals surface area contributed by atoms with Crippen molar-refractivity contribution < 1.29 is 14.3 Å². The normalized spacial score (nSPS) is 35.6. The van der Waals surface area contributed by atoms with Crippen LogP contribution >= 0.6 is 0 Å². The number of ether oxygens (including phenoxy) is 1. The van der Waals surface area contributed by atoms with Crippen LogP contribution in [0.2, 0.25) is 0 Å². The van der Waals surface area contributed by atoms with Gasteiger partial charge in [0.1, 0.15) is 6.23 Å². The lowest BCUT2D eigenvalue weighted by Crippen LogP contribution is -2.40. The SMILES string of the molecule is CC1=CN(C2C[C@@H](C)C(C)O2)C(=O)CC1=O. The van der Waals surface area contributed by atoms with Crippen molar-refractivity contribution in [3.05, 3.63) is 11.8 Å². The first-order chi connectivity index (χ1) is 7.49. The first-order valence-electron chi connectivity index (χ1n) is 5.67. The number of carbonyl (C=O) groups excluding carboxylic acids is 2. The van der Waals surface area contributed by atoms with Gasteiger partial charge in [0.15, 0.2) is 5.78 Å². The molecule has 0 N–H and O–H groups in total. The molecule has 2 aliphatic rings. The van der Waals surface area contributed by atoms with Crippen LogP contribution in [-0.4, -0.2) is 28.9 Å². The minimum Gasteiger partial charge on any atom is -0.355 e. The van der Waals surface area contributed by atoms with Gasteiger partial charge >= 0.3 is 0 Å². The second kappa shape index (κ2) is 4.01. The lowest BCUT2D eigenvalue weighted by Gasteiger charge is -2.28. The lowest BCUT2D eigenvalue weighted by atomic mass is 10.0. The standard InChI is InChI=1S/C12H17NO3/c1-7-4-12(16-9(7)3)13-6-8(2)10(14)5-11(13)15/h6-7,9,12H,4-5H2,1-3H3/t7-,9?,12?/m1/s1. The summed E-state index contributed by atoms with van der Waals surface area (Å²) < 4.78 is 5.72. The molecule has 0 bridgehead atoms. The van der Waals surface area contributed by atoms with E-state index in [9.17, 15) is 9.59 Å². The summed E-state index contributed by atoms with van der Waals surface area (Å²) in [4.78, 5) is 24.6. The average Bonchev–Trinajstić information content (AvgIpc) is 2.53. The van der Waals surface area contributed by atoms with Gasteiger partial charge in [-0.15, -0.1) is 0 Å². The molecule has 2 heterocycles. The number of amides is 1. The second-order valence-electron chi connectivity index (χ2n) is 4.72. The van der Waals surface area contributed by atoms with Gasteiger partial charge in [0, 0.05) is 11.8 Å². The van der Waals surface area contributed by atoms with Crippen molar-refractivity contribution in [2.45, 2.75) is 45.9 Å². The molecule has 0 aromatic heterocycles. The largest absolute Gasteiger partial charge is 0.355 e. The highest BCUT2D eigenvalue weighted by molar-refractivity contribution is 6.09. The molecule has 0 aromatic carbocycles. The molecule has 0 spiro atoms. The minimum atomic E-state index is -0.194. The molecule has 2 unspecified atom stereocenters. The van der Waals surface area contributed by atoms with E-state index < -0.39 is 0 Å². The zero-order chi connectivity index (χ0) is 11.9. The Kier molecular flexibility index (Phi) is 2.84. The fraction of sp³-hybridized carbons (Fsp3) is 0.667. The van der Waals surface area contributed by atoms with E-state index in [1.807, 2.05) is 6.92 Å². The highest BCUT2D eigenvalue weighted by Gasteiger charge is 2.36. The molecular formula is C12H17NO3. The van der Waals surface area contributed by atoms with E-state index in [1.165, 1.54) is 0 Å². The Morgan fingerprint density at radius 3 is 2.62 bits per heavy atom. The highest BCUT2D eigenvalue weighted by atomic mass is 16.5. The number of allylic oxidation sites excluding steroid dienone is 1. The van der Waals surface area contributed by atoms with E-state index in [0.29, 0.717) is 11.5 Å². The Bertz CT molecular complexity index is 351. The van der Waals surface area contributed by atoms with Crippen molar-refractivity contribution in [2.75, 3.05) is 0 Å². The van der Waals surface area contributed by atoms with E-state index in [0.717, 1.165) is 6.42 Å². The molecule has 1 fully saturated rings. The third-order valence-electron chi connectivity index (χ3n) is 3.43. The molecule has 1 amide bonds. The van der Waals surface area contributed by atoms with Gasteiger partial charge in [-0.1, -0.05) is 6.92 Å². The Morgan fingerprint density at radius 2 is 2.06 bits per heavy atom. The van der Waals surface area contributed by atoms with Crippen molar-refractivity contribution >= 4 is 11.7 Å². The predicted molar refractivity (Wildman–Crippen MR) is 58.3 cm³/mol. The van der Waals surface area contributed by atoms with Gasteiger partial charge in [0.05, 0.1) is 12.5 Å². The van der Waals surface area contributed by atoms with Crippen LogP contribution in [0.5, 0.6) is 0 Å². The molecule has 0 aliphatic carbocycles. The monoisotopic (exact) mass is 223 g/mol. The fourth-order valence-corrected chi connectivity index (χ4v) is 2.09. The van der Waals surface area contributed by atoms with Crippen LogP contribution in [0.3, 0.4) is 0 Å². The summed E-state index contributed by atoms with van der Waals surface area (Å²) in [7, 11) is 0. The van der Waals surface area contributed by atoms with E-state index in [1.54, 1.807) is 18.0 Å². The highest BCUT2D eigenvalue weighted by Crippen LogP contribution is 2.30. The molecule has 0 radical (unpaired) electrons. The van der Waals surface area contributed by atoms with E-state index in [-0.39, 0.29) is 30.4 Å². The average molecular weight is 223 g/mol. The number of hydrogen-bond donors (Lipinski definition) is 0. The van der Waals surface area contributed by atoms with Crippen LogP contribution in [0.25, 0.3) is 0 Å². The summed E-state index contributed by atoms with van der Waals surface area (Å²) in [6, 6.07) is 0. The molecule has 2 rings (SSSR count). The maximum atomic E-state index is 11.7. The number of rotatable bonds is 1. The van der Waals surface area contributed by atoms with Crippen molar-refractivity contribution in [1.82, 2.24) is 4.90 Å². The van der Waals surface area contributed by atoms with Crippen molar-refractivity contribution in [2.24, 2.45) is 5.92 Å². The Hall–Kier alpha value is -1.16. The molecular weight excluding hydrogens is 206 g/mol. The van der Waals surface area contributed by atoms with Crippen molar-refractivity contribution in [3.63, 3.8) is 0 Å². The fourth-order valence-electron chi connectivity index (χ4n) is 2.09. The first-order valence-corrected chi connectivity index (χ1v) is 5.67. The molecule has 4 nitrogen and oxygen atoms in total. The third kappa shape index (κ3) is 1.89. The van der Waals surface area contributed by atoms with Crippen molar-refractivity contribution in [3.8, 4) is 0 Å². The number of ketones is 1.